The second-order valence-corrected chi connectivity index (χ2v) is 6.05. The first-order valence-electron chi connectivity index (χ1n) is 7.06. The van der Waals surface area contributed by atoms with Gasteiger partial charge >= 0.3 is 6.09 Å². The van der Waals surface area contributed by atoms with E-state index >= 15 is 0 Å². The van der Waals surface area contributed by atoms with Gasteiger partial charge in [0.25, 0.3) is 0 Å². The van der Waals surface area contributed by atoms with E-state index < -0.39 is 11.7 Å². The summed E-state index contributed by atoms with van der Waals surface area (Å²) >= 11 is 0. The normalized spacial score (nSPS) is 10.9. The zero-order valence-electron chi connectivity index (χ0n) is 13.5. The first-order valence-corrected chi connectivity index (χ1v) is 7.06. The number of nitrogens with one attached hydrogen (secondary N) is 1. The van der Waals surface area contributed by atoms with E-state index in [1.165, 1.54) is 0 Å². The fraction of sp³-hybridized carbons (Fsp3) is 0.389. The number of rotatable bonds is 6. The molecule has 1 aromatic rings. The largest absolute Gasteiger partial charge is 0.442 e. The van der Waals surface area contributed by atoms with Gasteiger partial charge in [0.1, 0.15) is 5.60 Å². The third kappa shape index (κ3) is 5.86. The van der Waals surface area contributed by atoms with Crippen LogP contribution >= 0.6 is 0 Å². The van der Waals surface area contributed by atoms with E-state index in [2.05, 4.69) is 18.5 Å². The Morgan fingerprint density at radius 3 is 2.19 bits per heavy atom. The van der Waals surface area contributed by atoms with Crippen molar-refractivity contribution < 1.29 is 9.53 Å². The molecule has 0 aromatic heterocycles. The summed E-state index contributed by atoms with van der Waals surface area (Å²) in [5, 5.41) is 2.79. The number of aryl methyl sites for hydroxylation is 1. The molecule has 0 atom stereocenters. The Labute approximate surface area is 127 Å². The van der Waals surface area contributed by atoms with E-state index in [9.17, 15) is 4.79 Å². The molecule has 0 aliphatic rings. The van der Waals surface area contributed by atoms with Crippen LogP contribution in [0.5, 0.6) is 0 Å². The highest BCUT2D eigenvalue weighted by Gasteiger charge is 2.29. The Hall–Kier alpha value is -2.03. The molecular weight excluding hydrogens is 262 g/mol. The number of hydrogen-bond acceptors (Lipinski definition) is 2. The zero-order chi connectivity index (χ0) is 16.0. The van der Waals surface area contributed by atoms with Crippen LogP contribution < -0.4 is 5.32 Å². The van der Waals surface area contributed by atoms with Gasteiger partial charge in [-0.15, -0.1) is 0 Å². The lowest BCUT2D eigenvalue weighted by atomic mass is 9.91. The minimum Gasteiger partial charge on any atom is -0.442 e. The first-order chi connectivity index (χ1) is 9.72. The van der Waals surface area contributed by atoms with Gasteiger partial charge in [-0.3, -0.25) is 5.32 Å². The fourth-order valence-corrected chi connectivity index (χ4v) is 2.48. The smallest absolute Gasteiger partial charge is 0.412 e. The van der Waals surface area contributed by atoms with Crippen LogP contribution in [0, 0.1) is 6.92 Å². The SMILES string of the molecule is C=C(C)CC(C)(CC(=C)C)OC(=O)Nc1ccccc1C. The molecule has 1 aromatic carbocycles. The fourth-order valence-electron chi connectivity index (χ4n) is 2.48. The molecule has 3 heteroatoms. The highest BCUT2D eigenvalue weighted by molar-refractivity contribution is 5.85. The molecule has 0 fully saturated rings. The van der Waals surface area contributed by atoms with Crippen molar-refractivity contribution in [3.63, 3.8) is 0 Å². The molecule has 1 amide bonds. The van der Waals surface area contributed by atoms with Crippen molar-refractivity contribution in [1.29, 1.82) is 0 Å². The minimum absolute atomic E-state index is 0.450. The predicted octanol–water partition coefficient (Wildman–Crippen LogP) is 5.23. The average molecular weight is 287 g/mol. The van der Waals surface area contributed by atoms with Crippen molar-refractivity contribution in [2.45, 2.75) is 46.1 Å². The summed E-state index contributed by atoms with van der Waals surface area (Å²) in [6, 6.07) is 7.60. The Bertz CT molecular complexity index is 530. The standard InChI is InChI=1S/C18H25NO2/c1-13(2)11-18(6,12-14(3)4)21-17(20)19-16-10-8-7-9-15(16)5/h7-10H,1,3,11-12H2,2,4-6H3,(H,19,20). The summed E-state index contributed by atoms with van der Waals surface area (Å²) in [4.78, 5) is 12.2. The van der Waals surface area contributed by atoms with Crippen molar-refractivity contribution >= 4 is 11.8 Å². The molecule has 1 N–H and O–H groups in total. The molecular formula is C18H25NO2. The average Bonchev–Trinajstić information content (AvgIpc) is 2.28. The number of carbonyl (C=O) groups excluding carboxylic acids is 1. The van der Waals surface area contributed by atoms with Crippen LogP contribution in [0.15, 0.2) is 48.6 Å². The number of amides is 1. The quantitative estimate of drug-likeness (QED) is 0.727. The highest BCUT2D eigenvalue weighted by Crippen LogP contribution is 2.28. The number of carbonyl (C=O) groups is 1. The summed E-state index contributed by atoms with van der Waals surface area (Å²) < 4.78 is 5.65. The Balaban J connectivity index is 2.79. The van der Waals surface area contributed by atoms with E-state index in [0.29, 0.717) is 12.8 Å². The second-order valence-electron chi connectivity index (χ2n) is 6.05. The summed E-state index contributed by atoms with van der Waals surface area (Å²) in [6.45, 7) is 15.5. The molecule has 0 heterocycles. The molecule has 0 aliphatic carbocycles. The predicted molar refractivity (Wildman–Crippen MR) is 88.5 cm³/mol. The summed E-state index contributed by atoms with van der Waals surface area (Å²) in [5.74, 6) is 0. The maximum Gasteiger partial charge on any atom is 0.412 e. The first kappa shape index (κ1) is 17.0. The van der Waals surface area contributed by atoms with Crippen molar-refractivity contribution in [1.82, 2.24) is 0 Å². The lowest BCUT2D eigenvalue weighted by Crippen LogP contribution is -2.34. The van der Waals surface area contributed by atoms with Crippen LogP contribution in [-0.2, 0) is 4.74 Å². The molecule has 0 aliphatic heterocycles. The number of para-hydroxylation sites is 1. The molecule has 0 unspecified atom stereocenters. The molecule has 0 saturated carbocycles. The van der Waals surface area contributed by atoms with Gasteiger partial charge in [-0.25, -0.2) is 4.79 Å². The van der Waals surface area contributed by atoms with Gasteiger partial charge in [0.2, 0.25) is 0 Å². The van der Waals surface area contributed by atoms with Gasteiger partial charge in [0.05, 0.1) is 0 Å². The van der Waals surface area contributed by atoms with Crippen molar-refractivity contribution in [3.8, 4) is 0 Å². The molecule has 0 bridgehead atoms. The number of ether oxygens (including phenoxy) is 1. The number of anilines is 1. The van der Waals surface area contributed by atoms with E-state index in [4.69, 9.17) is 4.74 Å². The monoisotopic (exact) mass is 287 g/mol. The van der Waals surface area contributed by atoms with Crippen LogP contribution in [0.2, 0.25) is 0 Å². The highest BCUT2D eigenvalue weighted by atomic mass is 16.6. The number of benzene rings is 1. The van der Waals surface area contributed by atoms with Crippen LogP contribution in [0.1, 0.15) is 39.2 Å². The Kier molecular flexibility index (Phi) is 5.77. The minimum atomic E-state index is -0.621. The number of hydrogen-bond donors (Lipinski definition) is 1. The Morgan fingerprint density at radius 1 is 1.19 bits per heavy atom. The molecule has 3 nitrogen and oxygen atoms in total. The van der Waals surface area contributed by atoms with Crippen molar-refractivity contribution in [2.24, 2.45) is 0 Å². The van der Waals surface area contributed by atoms with Crippen molar-refractivity contribution in [2.75, 3.05) is 5.32 Å². The van der Waals surface area contributed by atoms with Crippen LogP contribution in [0.25, 0.3) is 0 Å². The van der Waals surface area contributed by atoms with Gasteiger partial charge < -0.3 is 4.74 Å². The molecule has 21 heavy (non-hydrogen) atoms. The maximum atomic E-state index is 12.2. The lowest BCUT2D eigenvalue weighted by molar-refractivity contribution is 0.0350. The zero-order valence-corrected chi connectivity index (χ0v) is 13.5. The summed E-state index contributed by atoms with van der Waals surface area (Å²) in [5.41, 5.74) is 3.08. The summed E-state index contributed by atoms with van der Waals surface area (Å²) in [6.07, 6.45) is 0.775. The van der Waals surface area contributed by atoms with Gasteiger partial charge in [-0.2, -0.15) is 0 Å². The van der Waals surface area contributed by atoms with E-state index in [1.54, 1.807) is 0 Å². The van der Waals surface area contributed by atoms with Crippen LogP contribution in [-0.4, -0.2) is 11.7 Å². The van der Waals surface area contributed by atoms with Gasteiger partial charge in [-0.1, -0.05) is 42.5 Å². The molecule has 0 spiro atoms. The van der Waals surface area contributed by atoms with Crippen LogP contribution in [0.4, 0.5) is 10.5 Å². The van der Waals surface area contributed by atoms with Crippen LogP contribution in [0.3, 0.4) is 0 Å². The van der Waals surface area contributed by atoms with Gasteiger partial charge in [-0.05, 0) is 39.3 Å². The molecule has 114 valence electrons. The van der Waals surface area contributed by atoms with E-state index in [1.807, 2.05) is 52.0 Å². The molecule has 0 radical (unpaired) electrons. The topological polar surface area (TPSA) is 38.3 Å². The van der Waals surface area contributed by atoms with E-state index in [-0.39, 0.29) is 0 Å². The van der Waals surface area contributed by atoms with E-state index in [0.717, 1.165) is 22.4 Å². The molecule has 1 rings (SSSR count). The maximum absolute atomic E-state index is 12.2. The third-order valence-corrected chi connectivity index (χ3v) is 3.07. The second kappa shape index (κ2) is 7.11. The summed E-state index contributed by atoms with van der Waals surface area (Å²) in [7, 11) is 0. The lowest BCUT2D eigenvalue weighted by Gasteiger charge is -2.30. The van der Waals surface area contributed by atoms with Gasteiger partial charge in [0, 0.05) is 18.5 Å². The Morgan fingerprint density at radius 2 is 1.71 bits per heavy atom. The van der Waals surface area contributed by atoms with Crippen molar-refractivity contribution in [3.05, 3.63) is 54.1 Å². The van der Waals surface area contributed by atoms with Gasteiger partial charge in [0.15, 0.2) is 0 Å². The molecule has 0 saturated heterocycles. The third-order valence-electron chi connectivity index (χ3n) is 3.07.